The van der Waals surface area contributed by atoms with Crippen molar-refractivity contribution in [3.63, 3.8) is 0 Å². The minimum absolute atomic E-state index is 0.0260. The topological polar surface area (TPSA) is 40.5 Å². The van der Waals surface area contributed by atoms with Gasteiger partial charge in [0.05, 0.1) is 5.56 Å². The molecule has 0 fully saturated rings. The lowest BCUT2D eigenvalue weighted by Crippen LogP contribution is -2.30. The van der Waals surface area contributed by atoms with Gasteiger partial charge in [0, 0.05) is 13.1 Å². The van der Waals surface area contributed by atoms with Crippen molar-refractivity contribution in [2.75, 3.05) is 13.1 Å². The summed E-state index contributed by atoms with van der Waals surface area (Å²) in [6.07, 6.45) is 1.67. The molecule has 3 nitrogen and oxygen atoms in total. The molecule has 0 bridgehead atoms. The number of carbonyl (C=O) groups is 1. The number of amides is 1. The molecule has 0 saturated heterocycles. The Morgan fingerprint density at radius 3 is 2.81 bits per heavy atom. The highest BCUT2D eigenvalue weighted by molar-refractivity contribution is 5.97. The van der Waals surface area contributed by atoms with Crippen LogP contribution in [0.5, 0.6) is 5.75 Å². The first-order valence-corrected chi connectivity index (χ1v) is 5.30. The van der Waals surface area contributed by atoms with Crippen molar-refractivity contribution < 1.29 is 9.90 Å². The second-order valence-electron chi connectivity index (χ2n) is 3.65. The SMILES string of the molecule is C=CCN(CC)C(=O)c1cc(C)ccc1O. The lowest BCUT2D eigenvalue weighted by Gasteiger charge is -2.19. The number of aromatic hydroxyl groups is 1. The summed E-state index contributed by atoms with van der Waals surface area (Å²) in [7, 11) is 0. The molecule has 0 unspecified atom stereocenters. The molecular weight excluding hydrogens is 202 g/mol. The van der Waals surface area contributed by atoms with Crippen molar-refractivity contribution in [2.45, 2.75) is 13.8 Å². The van der Waals surface area contributed by atoms with E-state index in [4.69, 9.17) is 0 Å². The van der Waals surface area contributed by atoms with Crippen molar-refractivity contribution in [1.29, 1.82) is 0 Å². The Bertz CT molecular complexity index is 399. The summed E-state index contributed by atoms with van der Waals surface area (Å²) in [5, 5.41) is 9.64. The van der Waals surface area contributed by atoms with E-state index in [0.29, 0.717) is 18.7 Å². The van der Waals surface area contributed by atoms with Crippen LogP contribution in [0, 0.1) is 6.92 Å². The highest BCUT2D eigenvalue weighted by Crippen LogP contribution is 2.19. The minimum atomic E-state index is -0.163. The molecule has 1 N–H and O–H groups in total. The summed E-state index contributed by atoms with van der Waals surface area (Å²) in [6, 6.07) is 5.02. The van der Waals surface area contributed by atoms with Gasteiger partial charge >= 0.3 is 0 Å². The number of rotatable bonds is 4. The zero-order chi connectivity index (χ0) is 12.1. The molecule has 0 heterocycles. The largest absolute Gasteiger partial charge is 0.507 e. The van der Waals surface area contributed by atoms with Crippen LogP contribution in [0.1, 0.15) is 22.8 Å². The van der Waals surface area contributed by atoms with Gasteiger partial charge in [0.15, 0.2) is 0 Å². The van der Waals surface area contributed by atoms with Crippen LogP contribution < -0.4 is 0 Å². The molecule has 3 heteroatoms. The van der Waals surface area contributed by atoms with Crippen LogP contribution in [0.15, 0.2) is 30.9 Å². The van der Waals surface area contributed by atoms with Crippen LogP contribution in [0.3, 0.4) is 0 Å². The van der Waals surface area contributed by atoms with Gasteiger partial charge in [0.2, 0.25) is 0 Å². The Morgan fingerprint density at radius 2 is 2.25 bits per heavy atom. The highest BCUT2D eigenvalue weighted by atomic mass is 16.3. The van der Waals surface area contributed by atoms with E-state index in [1.807, 2.05) is 13.8 Å². The predicted octanol–water partition coefficient (Wildman–Crippen LogP) is 2.35. The van der Waals surface area contributed by atoms with Crippen molar-refractivity contribution >= 4 is 5.91 Å². The van der Waals surface area contributed by atoms with Gasteiger partial charge in [-0.3, -0.25) is 4.79 Å². The number of hydrogen-bond donors (Lipinski definition) is 1. The smallest absolute Gasteiger partial charge is 0.257 e. The number of hydrogen-bond acceptors (Lipinski definition) is 2. The summed E-state index contributed by atoms with van der Waals surface area (Å²) >= 11 is 0. The molecule has 86 valence electrons. The molecule has 16 heavy (non-hydrogen) atoms. The molecule has 1 rings (SSSR count). The zero-order valence-corrected chi connectivity index (χ0v) is 9.73. The first kappa shape index (κ1) is 12.3. The van der Waals surface area contributed by atoms with Crippen LogP contribution in [0.2, 0.25) is 0 Å². The van der Waals surface area contributed by atoms with E-state index in [0.717, 1.165) is 5.56 Å². The zero-order valence-electron chi connectivity index (χ0n) is 9.73. The van der Waals surface area contributed by atoms with E-state index in [1.54, 1.807) is 29.2 Å². The molecule has 0 atom stereocenters. The van der Waals surface area contributed by atoms with E-state index in [2.05, 4.69) is 6.58 Å². The van der Waals surface area contributed by atoms with Gasteiger partial charge in [-0.15, -0.1) is 6.58 Å². The number of nitrogens with zero attached hydrogens (tertiary/aromatic N) is 1. The predicted molar refractivity (Wildman–Crippen MR) is 64.6 cm³/mol. The van der Waals surface area contributed by atoms with Crippen molar-refractivity contribution in [3.8, 4) is 5.75 Å². The first-order chi connectivity index (χ1) is 7.60. The summed E-state index contributed by atoms with van der Waals surface area (Å²) in [5.74, 6) is -0.137. The van der Waals surface area contributed by atoms with Crippen LogP contribution in [0.4, 0.5) is 0 Å². The molecule has 1 aromatic carbocycles. The van der Waals surface area contributed by atoms with Gasteiger partial charge < -0.3 is 10.0 Å². The second-order valence-corrected chi connectivity index (χ2v) is 3.65. The van der Waals surface area contributed by atoms with Crippen LogP contribution in [-0.2, 0) is 0 Å². The lowest BCUT2D eigenvalue weighted by molar-refractivity contribution is 0.0779. The summed E-state index contributed by atoms with van der Waals surface area (Å²) in [4.78, 5) is 13.7. The van der Waals surface area contributed by atoms with Gasteiger partial charge in [-0.1, -0.05) is 17.7 Å². The minimum Gasteiger partial charge on any atom is -0.507 e. The fourth-order valence-corrected chi connectivity index (χ4v) is 1.50. The van der Waals surface area contributed by atoms with Gasteiger partial charge in [-0.05, 0) is 26.0 Å². The van der Waals surface area contributed by atoms with Crippen molar-refractivity contribution in [2.24, 2.45) is 0 Å². The lowest BCUT2D eigenvalue weighted by atomic mass is 10.1. The highest BCUT2D eigenvalue weighted by Gasteiger charge is 2.16. The van der Waals surface area contributed by atoms with Crippen LogP contribution >= 0.6 is 0 Å². The number of likely N-dealkylation sites (N-methyl/N-ethyl adjacent to an activating group) is 1. The number of phenols is 1. The molecule has 0 spiro atoms. The monoisotopic (exact) mass is 219 g/mol. The maximum Gasteiger partial charge on any atom is 0.257 e. The van der Waals surface area contributed by atoms with E-state index in [9.17, 15) is 9.90 Å². The van der Waals surface area contributed by atoms with E-state index in [1.165, 1.54) is 0 Å². The second kappa shape index (κ2) is 5.35. The van der Waals surface area contributed by atoms with E-state index < -0.39 is 0 Å². The average molecular weight is 219 g/mol. The van der Waals surface area contributed by atoms with E-state index in [-0.39, 0.29) is 11.7 Å². The van der Waals surface area contributed by atoms with Crippen LogP contribution in [-0.4, -0.2) is 29.0 Å². The maximum atomic E-state index is 12.1. The standard InChI is InChI=1S/C13H17NO2/c1-4-8-14(5-2)13(16)11-9-10(3)6-7-12(11)15/h4,6-7,9,15H,1,5,8H2,2-3H3. The summed E-state index contributed by atoms with van der Waals surface area (Å²) < 4.78 is 0. The molecule has 0 aliphatic carbocycles. The Hall–Kier alpha value is -1.77. The van der Waals surface area contributed by atoms with E-state index >= 15 is 0 Å². The third-order valence-corrected chi connectivity index (χ3v) is 2.40. The molecule has 1 aromatic rings. The first-order valence-electron chi connectivity index (χ1n) is 5.30. The number of benzene rings is 1. The fraction of sp³-hybridized carbons (Fsp3) is 0.308. The molecule has 0 aromatic heterocycles. The van der Waals surface area contributed by atoms with Crippen molar-refractivity contribution in [3.05, 3.63) is 42.0 Å². The average Bonchev–Trinajstić information content (AvgIpc) is 2.28. The number of carbonyl (C=O) groups excluding carboxylic acids is 1. The Morgan fingerprint density at radius 1 is 1.56 bits per heavy atom. The molecule has 1 amide bonds. The Kier molecular flexibility index (Phi) is 4.11. The van der Waals surface area contributed by atoms with Gasteiger partial charge in [-0.25, -0.2) is 0 Å². The summed E-state index contributed by atoms with van der Waals surface area (Å²) in [5.41, 5.74) is 1.31. The quantitative estimate of drug-likeness (QED) is 0.790. The molecule has 0 radical (unpaired) electrons. The molecule has 0 aliphatic rings. The molecule has 0 aliphatic heterocycles. The van der Waals surface area contributed by atoms with Gasteiger partial charge in [-0.2, -0.15) is 0 Å². The maximum absolute atomic E-state index is 12.1. The number of phenolic OH excluding ortho intramolecular Hbond substituents is 1. The van der Waals surface area contributed by atoms with Crippen LogP contribution in [0.25, 0.3) is 0 Å². The third-order valence-electron chi connectivity index (χ3n) is 2.40. The summed E-state index contributed by atoms with van der Waals surface area (Å²) in [6.45, 7) is 8.48. The van der Waals surface area contributed by atoms with Gasteiger partial charge in [0.1, 0.15) is 5.75 Å². The Balaban J connectivity index is 3.02. The third kappa shape index (κ3) is 2.63. The van der Waals surface area contributed by atoms with Crippen molar-refractivity contribution in [1.82, 2.24) is 4.90 Å². The molecule has 0 saturated carbocycles. The van der Waals surface area contributed by atoms with Gasteiger partial charge in [0.25, 0.3) is 5.91 Å². The Labute approximate surface area is 96.0 Å². The normalized spacial score (nSPS) is 9.88. The molecular formula is C13H17NO2. The number of aryl methyl sites for hydroxylation is 1. The fourth-order valence-electron chi connectivity index (χ4n) is 1.50.